The van der Waals surface area contributed by atoms with Crippen molar-refractivity contribution in [3.05, 3.63) is 9.98 Å². The summed E-state index contributed by atoms with van der Waals surface area (Å²) in [5.74, 6) is -2.19. The number of rotatable bonds is 5. The number of carbonyl (C=O) groups is 2. The molecule has 0 spiro atoms. The first-order valence-electron chi connectivity index (χ1n) is 3.78. The van der Waals surface area contributed by atoms with E-state index in [0.29, 0.717) is 9.73 Å². The summed E-state index contributed by atoms with van der Waals surface area (Å²) in [4.78, 5) is 26.1. The summed E-state index contributed by atoms with van der Waals surface area (Å²) < 4.78 is 0.559. The number of carboxylic acid groups (broad SMARTS) is 2. The number of halogens is 1. The van der Waals surface area contributed by atoms with Crippen molar-refractivity contribution in [1.82, 2.24) is 4.98 Å². The highest BCUT2D eigenvalue weighted by atomic mass is 79.9. The lowest BCUT2D eigenvalue weighted by Crippen LogP contribution is -2.34. The van der Waals surface area contributed by atoms with E-state index in [2.05, 4.69) is 20.9 Å². The van der Waals surface area contributed by atoms with Crippen LogP contribution in [0.1, 0.15) is 0 Å². The van der Waals surface area contributed by atoms with Gasteiger partial charge in [0.05, 0.1) is 0 Å². The van der Waals surface area contributed by atoms with Gasteiger partial charge in [-0.3, -0.25) is 9.59 Å². The minimum Gasteiger partial charge on any atom is -0.480 e. The van der Waals surface area contributed by atoms with E-state index in [1.54, 1.807) is 5.38 Å². The average molecular weight is 295 g/mol. The highest BCUT2D eigenvalue weighted by Gasteiger charge is 2.16. The minimum absolute atomic E-state index is 0.367. The Morgan fingerprint density at radius 1 is 1.40 bits per heavy atom. The van der Waals surface area contributed by atoms with Gasteiger partial charge in [0.25, 0.3) is 0 Å². The first-order valence-corrected chi connectivity index (χ1v) is 5.46. The molecule has 0 radical (unpaired) electrons. The van der Waals surface area contributed by atoms with Crippen molar-refractivity contribution in [2.45, 2.75) is 0 Å². The van der Waals surface area contributed by atoms with Gasteiger partial charge in [0, 0.05) is 5.38 Å². The molecule has 0 aliphatic rings. The summed E-state index contributed by atoms with van der Waals surface area (Å²) >= 11 is 4.29. The molecule has 0 aliphatic heterocycles. The molecule has 0 saturated carbocycles. The maximum absolute atomic E-state index is 10.5. The topological polar surface area (TPSA) is 90.7 Å². The predicted octanol–water partition coefficient (Wildman–Crippen LogP) is 0.881. The van der Waals surface area contributed by atoms with Crippen LogP contribution in [0.3, 0.4) is 0 Å². The number of hydrogen-bond donors (Lipinski definition) is 2. The number of aliphatic carboxylic acids is 2. The normalized spacial score (nSPS) is 9.93. The van der Waals surface area contributed by atoms with Crippen LogP contribution in [0.25, 0.3) is 0 Å². The van der Waals surface area contributed by atoms with Crippen LogP contribution >= 0.6 is 27.3 Å². The van der Waals surface area contributed by atoms with Crippen molar-refractivity contribution < 1.29 is 19.8 Å². The van der Waals surface area contributed by atoms with Gasteiger partial charge < -0.3 is 15.1 Å². The van der Waals surface area contributed by atoms with E-state index in [4.69, 9.17) is 10.2 Å². The Bertz CT molecular complexity index is 365. The maximum Gasteiger partial charge on any atom is 0.323 e. The summed E-state index contributed by atoms with van der Waals surface area (Å²) in [7, 11) is 0. The molecule has 2 N–H and O–H groups in total. The van der Waals surface area contributed by atoms with Crippen LogP contribution in [0.15, 0.2) is 9.98 Å². The zero-order valence-electron chi connectivity index (χ0n) is 7.38. The highest BCUT2D eigenvalue weighted by Crippen LogP contribution is 2.23. The van der Waals surface area contributed by atoms with Gasteiger partial charge in [0.2, 0.25) is 0 Å². The van der Waals surface area contributed by atoms with Crippen LogP contribution in [0.4, 0.5) is 5.13 Å². The second-order valence-electron chi connectivity index (χ2n) is 2.60. The van der Waals surface area contributed by atoms with Gasteiger partial charge in [-0.05, 0) is 15.9 Å². The fraction of sp³-hybridized carbons (Fsp3) is 0.286. The Balaban J connectivity index is 2.80. The third-order valence-corrected chi connectivity index (χ3v) is 3.00. The number of anilines is 1. The second kappa shape index (κ2) is 5.08. The van der Waals surface area contributed by atoms with Gasteiger partial charge in [-0.2, -0.15) is 0 Å². The molecular formula is C7H7BrN2O4S. The van der Waals surface area contributed by atoms with Gasteiger partial charge in [0.1, 0.15) is 17.7 Å². The summed E-state index contributed by atoms with van der Waals surface area (Å²) in [6.45, 7) is -0.765. The van der Waals surface area contributed by atoms with Gasteiger partial charge >= 0.3 is 11.9 Å². The molecule has 0 aliphatic carbocycles. The number of thiazole rings is 1. The molecule has 1 aromatic rings. The van der Waals surface area contributed by atoms with E-state index in [9.17, 15) is 9.59 Å². The Kier molecular flexibility index (Phi) is 4.04. The molecule has 1 aromatic heterocycles. The van der Waals surface area contributed by atoms with E-state index in [0.717, 1.165) is 0 Å². The summed E-state index contributed by atoms with van der Waals surface area (Å²) in [6.07, 6.45) is 0. The lowest BCUT2D eigenvalue weighted by atomic mass is 10.5. The van der Waals surface area contributed by atoms with Crippen molar-refractivity contribution >= 4 is 44.3 Å². The predicted molar refractivity (Wildman–Crippen MR) is 57.3 cm³/mol. The number of nitrogens with zero attached hydrogens (tertiary/aromatic N) is 2. The van der Waals surface area contributed by atoms with E-state index < -0.39 is 11.9 Å². The molecule has 0 fully saturated rings. The van der Waals surface area contributed by atoms with Crippen molar-refractivity contribution in [2.24, 2.45) is 0 Å². The molecule has 82 valence electrons. The fourth-order valence-electron chi connectivity index (χ4n) is 0.908. The SMILES string of the molecule is O=C(O)CN(CC(=O)O)c1nc(Br)cs1. The molecule has 0 unspecified atom stereocenters. The number of aromatic nitrogens is 1. The minimum atomic E-state index is -1.09. The molecule has 1 heterocycles. The summed E-state index contributed by atoms with van der Waals surface area (Å²) in [5.41, 5.74) is 0. The largest absolute Gasteiger partial charge is 0.480 e. The first kappa shape index (κ1) is 11.9. The van der Waals surface area contributed by atoms with Crippen LogP contribution in [-0.4, -0.2) is 40.2 Å². The van der Waals surface area contributed by atoms with Crippen LogP contribution in [0.5, 0.6) is 0 Å². The van der Waals surface area contributed by atoms with Crippen molar-refractivity contribution in [3.63, 3.8) is 0 Å². The Morgan fingerprint density at radius 3 is 2.27 bits per heavy atom. The fourth-order valence-corrected chi connectivity index (χ4v) is 2.16. The molecule has 15 heavy (non-hydrogen) atoms. The van der Waals surface area contributed by atoms with Gasteiger partial charge in [-0.1, -0.05) is 0 Å². The maximum atomic E-state index is 10.5. The van der Waals surface area contributed by atoms with Crippen LogP contribution in [0.2, 0.25) is 0 Å². The van der Waals surface area contributed by atoms with Crippen molar-refractivity contribution in [2.75, 3.05) is 18.0 Å². The van der Waals surface area contributed by atoms with Crippen molar-refractivity contribution in [1.29, 1.82) is 0 Å². The van der Waals surface area contributed by atoms with E-state index in [1.807, 2.05) is 0 Å². The Morgan fingerprint density at radius 2 is 1.93 bits per heavy atom. The van der Waals surface area contributed by atoms with Crippen molar-refractivity contribution in [3.8, 4) is 0 Å². The Labute approximate surface area is 97.3 Å². The standard InChI is InChI=1S/C7H7BrN2O4S/c8-4-3-15-7(9-4)10(1-5(11)12)2-6(13)14/h3H,1-2H2,(H,11,12)(H,13,14). The molecular weight excluding hydrogens is 288 g/mol. The quantitative estimate of drug-likeness (QED) is 0.838. The van der Waals surface area contributed by atoms with Crippen LogP contribution in [-0.2, 0) is 9.59 Å². The first-order chi connectivity index (χ1) is 6.99. The second-order valence-corrected chi connectivity index (χ2v) is 4.25. The molecule has 1 rings (SSSR count). The monoisotopic (exact) mass is 294 g/mol. The zero-order chi connectivity index (χ0) is 11.4. The zero-order valence-corrected chi connectivity index (χ0v) is 9.79. The number of carboxylic acids is 2. The van der Waals surface area contributed by atoms with E-state index in [-0.39, 0.29) is 13.1 Å². The molecule has 0 aromatic carbocycles. The molecule has 0 amide bonds. The van der Waals surface area contributed by atoms with E-state index in [1.165, 1.54) is 16.2 Å². The van der Waals surface area contributed by atoms with Crippen LogP contribution < -0.4 is 4.90 Å². The van der Waals surface area contributed by atoms with Gasteiger partial charge in [0.15, 0.2) is 5.13 Å². The van der Waals surface area contributed by atoms with Gasteiger partial charge in [-0.25, -0.2) is 4.98 Å². The molecule has 6 nitrogen and oxygen atoms in total. The molecule has 0 atom stereocenters. The molecule has 0 bridgehead atoms. The lowest BCUT2D eigenvalue weighted by molar-refractivity contribution is -0.136. The van der Waals surface area contributed by atoms with Crippen LogP contribution in [0, 0.1) is 0 Å². The smallest absolute Gasteiger partial charge is 0.323 e. The van der Waals surface area contributed by atoms with Gasteiger partial charge in [-0.15, -0.1) is 11.3 Å². The number of hydrogen-bond acceptors (Lipinski definition) is 5. The molecule has 8 heteroatoms. The molecule has 0 saturated heterocycles. The van der Waals surface area contributed by atoms with E-state index >= 15 is 0 Å². The summed E-state index contributed by atoms with van der Waals surface area (Å²) in [6, 6.07) is 0. The Hall–Kier alpha value is -1.15. The third-order valence-electron chi connectivity index (χ3n) is 1.39. The average Bonchev–Trinajstić information content (AvgIpc) is 2.48. The lowest BCUT2D eigenvalue weighted by Gasteiger charge is -2.16. The third kappa shape index (κ3) is 3.84. The summed E-state index contributed by atoms with van der Waals surface area (Å²) in [5, 5.41) is 19.2. The highest BCUT2D eigenvalue weighted by molar-refractivity contribution is 9.10.